The Hall–Kier alpha value is -0.480. The average molecular weight is 470 g/mol. The fourth-order valence-electron chi connectivity index (χ4n) is 2.92. The van der Waals surface area contributed by atoms with Crippen LogP contribution in [0.4, 0.5) is 0 Å². The van der Waals surface area contributed by atoms with Crippen LogP contribution in [-0.4, -0.2) is 57.6 Å². The van der Waals surface area contributed by atoms with Crippen LogP contribution < -0.4 is 10.0 Å². The number of piperazine rings is 1. The molecule has 0 unspecified atom stereocenters. The summed E-state index contributed by atoms with van der Waals surface area (Å²) in [6, 6.07) is 5.18. The number of hydrogen-bond donors (Lipinski definition) is 2. The van der Waals surface area contributed by atoms with Gasteiger partial charge < -0.3 is 10.2 Å². The molecule has 1 saturated heterocycles. The van der Waals surface area contributed by atoms with Crippen LogP contribution in [-0.2, 0) is 15.4 Å². The highest BCUT2D eigenvalue weighted by molar-refractivity contribution is 7.89. The van der Waals surface area contributed by atoms with E-state index < -0.39 is 10.0 Å². The lowest BCUT2D eigenvalue weighted by molar-refractivity contribution is 0.239. The van der Waals surface area contributed by atoms with Gasteiger partial charge >= 0.3 is 0 Å². The maximum absolute atomic E-state index is 12.6. The Morgan fingerprint density at radius 1 is 1.21 bits per heavy atom. The fourth-order valence-corrected chi connectivity index (χ4v) is 5.16. The van der Waals surface area contributed by atoms with Crippen molar-refractivity contribution in [3.05, 3.63) is 23.2 Å². The van der Waals surface area contributed by atoms with Crippen molar-refractivity contribution in [1.29, 1.82) is 0 Å². The van der Waals surface area contributed by atoms with Gasteiger partial charge in [0.1, 0.15) is 0 Å². The summed E-state index contributed by atoms with van der Waals surface area (Å²) >= 11 is 1.57. The zero-order chi connectivity index (χ0) is 18.8. The minimum absolute atomic E-state index is 0. The summed E-state index contributed by atoms with van der Waals surface area (Å²) in [7, 11) is -3.48. The van der Waals surface area contributed by atoms with E-state index in [2.05, 4.69) is 40.7 Å². The van der Waals surface area contributed by atoms with Gasteiger partial charge in [0.2, 0.25) is 10.0 Å². The second-order valence-corrected chi connectivity index (χ2v) is 10.5. The van der Waals surface area contributed by atoms with Crippen LogP contribution in [0.2, 0.25) is 0 Å². The zero-order valence-corrected chi connectivity index (χ0v) is 19.8. The molecule has 0 atom stereocenters. The predicted molar refractivity (Wildman–Crippen MR) is 122 cm³/mol. The van der Waals surface area contributed by atoms with Gasteiger partial charge in [-0.05, 0) is 31.2 Å². The molecule has 160 valence electrons. The van der Waals surface area contributed by atoms with E-state index in [0.29, 0.717) is 11.4 Å². The third kappa shape index (κ3) is 6.52. The first kappa shape index (κ1) is 25.6. The molecule has 1 aromatic heterocycles. The van der Waals surface area contributed by atoms with Crippen LogP contribution in [0.15, 0.2) is 23.1 Å². The van der Waals surface area contributed by atoms with Gasteiger partial charge in [-0.15, -0.1) is 36.2 Å². The van der Waals surface area contributed by atoms with E-state index in [1.54, 1.807) is 29.5 Å². The third-order valence-corrected chi connectivity index (χ3v) is 7.37. The molecule has 2 aromatic rings. The predicted octanol–water partition coefficient (Wildman–Crippen LogP) is 3.01. The SMILES string of the molecule is CC(C)(C)c1nc2ccc(S(=O)(=O)NCCCN3CCNCC3)cc2s1.Cl.Cl. The van der Waals surface area contributed by atoms with Gasteiger partial charge in [-0.3, -0.25) is 0 Å². The second kappa shape index (κ2) is 10.5. The Bertz CT molecular complexity index is 860. The summed E-state index contributed by atoms with van der Waals surface area (Å²) in [5.41, 5.74) is 0.822. The highest BCUT2D eigenvalue weighted by Crippen LogP contribution is 2.32. The van der Waals surface area contributed by atoms with E-state index in [1.165, 1.54) is 0 Å². The van der Waals surface area contributed by atoms with E-state index in [4.69, 9.17) is 0 Å². The first-order valence-corrected chi connectivity index (χ1v) is 11.4. The summed E-state index contributed by atoms with van der Waals surface area (Å²) in [5, 5.41) is 4.34. The van der Waals surface area contributed by atoms with Crippen LogP contribution in [0.25, 0.3) is 10.2 Å². The molecule has 0 amide bonds. The summed E-state index contributed by atoms with van der Waals surface area (Å²) in [6.07, 6.45) is 0.816. The van der Waals surface area contributed by atoms with E-state index in [9.17, 15) is 8.42 Å². The largest absolute Gasteiger partial charge is 0.314 e. The molecule has 1 aromatic carbocycles. The van der Waals surface area contributed by atoms with Crippen molar-refractivity contribution in [3.8, 4) is 0 Å². The Morgan fingerprint density at radius 3 is 2.54 bits per heavy atom. The number of rotatable bonds is 6. The smallest absolute Gasteiger partial charge is 0.240 e. The highest BCUT2D eigenvalue weighted by Gasteiger charge is 2.20. The van der Waals surface area contributed by atoms with Gasteiger partial charge in [-0.2, -0.15) is 0 Å². The Kier molecular flexibility index (Phi) is 9.60. The van der Waals surface area contributed by atoms with Gasteiger partial charge in [0, 0.05) is 38.1 Å². The van der Waals surface area contributed by atoms with E-state index in [1.807, 2.05) is 0 Å². The van der Waals surface area contributed by atoms with Gasteiger partial charge in [0.05, 0.1) is 20.1 Å². The zero-order valence-electron chi connectivity index (χ0n) is 16.5. The first-order chi connectivity index (χ1) is 12.3. The lowest BCUT2D eigenvalue weighted by Gasteiger charge is -2.27. The number of thiazole rings is 1. The van der Waals surface area contributed by atoms with Crippen molar-refractivity contribution in [1.82, 2.24) is 19.9 Å². The number of fused-ring (bicyclic) bond motifs is 1. The number of sulfonamides is 1. The average Bonchev–Trinajstić information content (AvgIpc) is 3.03. The maximum Gasteiger partial charge on any atom is 0.240 e. The molecule has 2 heterocycles. The van der Waals surface area contributed by atoms with Crippen molar-refractivity contribution in [2.45, 2.75) is 37.5 Å². The quantitative estimate of drug-likeness (QED) is 0.637. The van der Waals surface area contributed by atoms with E-state index >= 15 is 0 Å². The molecule has 3 rings (SSSR count). The number of halogens is 2. The first-order valence-electron chi connectivity index (χ1n) is 9.09. The summed E-state index contributed by atoms with van der Waals surface area (Å²) in [4.78, 5) is 7.31. The summed E-state index contributed by atoms with van der Waals surface area (Å²) in [5.74, 6) is 0. The standard InChI is InChI=1S/C18H28N4O2S2.2ClH/c1-18(2,3)17-21-15-6-5-14(13-16(15)25-17)26(23,24)20-7-4-10-22-11-8-19-9-12-22;;/h5-6,13,19-20H,4,7-12H2,1-3H3;2*1H. The molecule has 0 bridgehead atoms. The van der Waals surface area contributed by atoms with Crippen molar-refractivity contribution < 1.29 is 8.42 Å². The third-order valence-electron chi connectivity index (χ3n) is 4.46. The Balaban J connectivity index is 0.00000196. The van der Waals surface area contributed by atoms with Crippen molar-refractivity contribution >= 4 is 56.4 Å². The van der Waals surface area contributed by atoms with E-state index in [0.717, 1.165) is 54.4 Å². The number of aromatic nitrogens is 1. The molecular weight excluding hydrogens is 439 g/mol. The molecule has 28 heavy (non-hydrogen) atoms. The van der Waals surface area contributed by atoms with Crippen molar-refractivity contribution in [2.75, 3.05) is 39.3 Å². The molecular formula is C18H30Cl2N4O2S2. The molecule has 1 fully saturated rings. The Morgan fingerprint density at radius 2 is 1.89 bits per heavy atom. The lowest BCUT2D eigenvalue weighted by Crippen LogP contribution is -2.44. The summed E-state index contributed by atoms with van der Waals surface area (Å²) in [6.45, 7) is 11.8. The monoisotopic (exact) mass is 468 g/mol. The normalized spacial score (nSPS) is 15.8. The maximum atomic E-state index is 12.6. The van der Waals surface area contributed by atoms with Gasteiger partial charge in [0.15, 0.2) is 0 Å². The molecule has 6 nitrogen and oxygen atoms in total. The minimum atomic E-state index is -3.48. The molecule has 0 radical (unpaired) electrons. The summed E-state index contributed by atoms with van der Waals surface area (Å²) < 4.78 is 28.8. The minimum Gasteiger partial charge on any atom is -0.314 e. The van der Waals surface area contributed by atoms with Crippen molar-refractivity contribution in [3.63, 3.8) is 0 Å². The Labute approximate surface area is 184 Å². The van der Waals surface area contributed by atoms with Gasteiger partial charge in [-0.1, -0.05) is 20.8 Å². The number of hydrogen-bond acceptors (Lipinski definition) is 6. The molecule has 1 aliphatic heterocycles. The molecule has 1 aliphatic rings. The molecule has 0 saturated carbocycles. The van der Waals surface area contributed by atoms with Crippen LogP contribution in [0.1, 0.15) is 32.2 Å². The number of nitrogens with one attached hydrogen (secondary N) is 2. The molecule has 2 N–H and O–H groups in total. The number of benzene rings is 1. The van der Waals surface area contributed by atoms with Gasteiger partial charge in [-0.25, -0.2) is 18.1 Å². The van der Waals surface area contributed by atoms with E-state index in [-0.39, 0.29) is 30.2 Å². The molecule has 0 spiro atoms. The molecule has 0 aliphatic carbocycles. The fraction of sp³-hybridized carbons (Fsp3) is 0.611. The second-order valence-electron chi connectivity index (χ2n) is 7.74. The topological polar surface area (TPSA) is 74.3 Å². The molecule has 10 heteroatoms. The highest BCUT2D eigenvalue weighted by atomic mass is 35.5. The van der Waals surface area contributed by atoms with Crippen molar-refractivity contribution in [2.24, 2.45) is 0 Å². The lowest BCUT2D eigenvalue weighted by atomic mass is 9.98. The number of nitrogens with zero attached hydrogens (tertiary/aromatic N) is 2. The van der Waals surface area contributed by atoms with Crippen LogP contribution >= 0.6 is 36.2 Å². The van der Waals surface area contributed by atoms with Crippen LogP contribution in [0, 0.1) is 0 Å². The van der Waals surface area contributed by atoms with Crippen LogP contribution in [0.3, 0.4) is 0 Å². The van der Waals surface area contributed by atoms with Crippen LogP contribution in [0.5, 0.6) is 0 Å². The van der Waals surface area contributed by atoms with Gasteiger partial charge in [0.25, 0.3) is 0 Å².